The van der Waals surface area contributed by atoms with Gasteiger partial charge < -0.3 is 23.9 Å². The number of methoxy groups -OCH3 is 2. The lowest BCUT2D eigenvalue weighted by Crippen LogP contribution is -2.30. The Morgan fingerprint density at radius 2 is 1.96 bits per heavy atom. The van der Waals surface area contributed by atoms with Crippen LogP contribution in [-0.4, -0.2) is 32.7 Å². The van der Waals surface area contributed by atoms with E-state index in [4.69, 9.17) is 18.6 Å². The van der Waals surface area contributed by atoms with Gasteiger partial charge in [-0.1, -0.05) is 6.07 Å². The maximum absolute atomic E-state index is 11.8. The number of hydrogen-bond donors (Lipinski definition) is 1. The second kappa shape index (κ2) is 9.31. The minimum Gasteiger partial charge on any atom is -0.493 e. The van der Waals surface area contributed by atoms with E-state index in [1.54, 1.807) is 50.4 Å². The Kier molecular flexibility index (Phi) is 6.84. The molecule has 0 bridgehead atoms. The zero-order valence-electron chi connectivity index (χ0n) is 14.9. The van der Waals surface area contributed by atoms with Gasteiger partial charge in [0.15, 0.2) is 18.1 Å². The number of nitrogens with one attached hydrogen (secondary N) is 1. The normalized spacial score (nSPS) is 11.8. The summed E-state index contributed by atoms with van der Waals surface area (Å²) < 4.78 is 20.5. The average molecular weight is 359 g/mol. The van der Waals surface area contributed by atoms with Crippen LogP contribution in [-0.2, 0) is 14.3 Å². The van der Waals surface area contributed by atoms with Gasteiger partial charge in [-0.3, -0.25) is 4.79 Å². The summed E-state index contributed by atoms with van der Waals surface area (Å²) in [4.78, 5) is 23.5. The molecule has 1 atom stereocenters. The molecule has 0 aliphatic carbocycles. The summed E-state index contributed by atoms with van der Waals surface area (Å²) in [5.41, 5.74) is 0.732. The first-order chi connectivity index (χ1) is 12.5. The molecule has 138 valence electrons. The Morgan fingerprint density at radius 3 is 2.62 bits per heavy atom. The van der Waals surface area contributed by atoms with Crippen molar-refractivity contribution >= 4 is 18.0 Å². The second-order valence-corrected chi connectivity index (χ2v) is 5.36. The molecule has 0 radical (unpaired) electrons. The van der Waals surface area contributed by atoms with E-state index in [1.165, 1.54) is 19.4 Å². The van der Waals surface area contributed by atoms with Gasteiger partial charge in [-0.25, -0.2) is 4.79 Å². The lowest BCUT2D eigenvalue weighted by Gasteiger charge is -2.11. The highest BCUT2D eigenvalue weighted by Gasteiger charge is 2.12. The number of ether oxygens (including phenoxy) is 3. The van der Waals surface area contributed by atoms with E-state index in [0.29, 0.717) is 17.3 Å². The molecule has 2 rings (SSSR count). The van der Waals surface area contributed by atoms with E-state index in [9.17, 15) is 9.59 Å². The summed E-state index contributed by atoms with van der Waals surface area (Å²) in [6.07, 6.45) is 4.33. The number of rotatable bonds is 8. The third-order valence-corrected chi connectivity index (χ3v) is 3.51. The summed E-state index contributed by atoms with van der Waals surface area (Å²) >= 11 is 0. The fourth-order valence-corrected chi connectivity index (χ4v) is 2.20. The van der Waals surface area contributed by atoms with Crippen molar-refractivity contribution in [2.24, 2.45) is 0 Å². The molecule has 1 aromatic carbocycles. The van der Waals surface area contributed by atoms with Crippen LogP contribution in [0.4, 0.5) is 0 Å². The molecule has 7 nitrogen and oxygen atoms in total. The average Bonchev–Trinajstić information content (AvgIpc) is 3.19. The van der Waals surface area contributed by atoms with E-state index in [2.05, 4.69) is 5.32 Å². The van der Waals surface area contributed by atoms with Crippen LogP contribution in [0.2, 0.25) is 0 Å². The summed E-state index contributed by atoms with van der Waals surface area (Å²) in [5, 5.41) is 2.67. The van der Waals surface area contributed by atoms with Crippen LogP contribution in [0.1, 0.15) is 24.3 Å². The molecule has 1 N–H and O–H groups in total. The highest BCUT2D eigenvalue weighted by molar-refractivity contribution is 5.89. The number of carbonyl (C=O) groups is 2. The zero-order valence-corrected chi connectivity index (χ0v) is 14.9. The van der Waals surface area contributed by atoms with Crippen molar-refractivity contribution in [2.45, 2.75) is 13.0 Å². The number of carbonyl (C=O) groups excluding carboxylic acids is 2. The maximum Gasteiger partial charge on any atom is 0.331 e. The lowest BCUT2D eigenvalue weighted by molar-refractivity contribution is -0.144. The van der Waals surface area contributed by atoms with Gasteiger partial charge in [-0.2, -0.15) is 0 Å². The first-order valence-electron chi connectivity index (χ1n) is 7.93. The molecule has 0 spiro atoms. The molecule has 2 aromatic rings. The maximum atomic E-state index is 11.8. The Balaban J connectivity index is 1.82. The van der Waals surface area contributed by atoms with Crippen molar-refractivity contribution in [1.29, 1.82) is 0 Å². The summed E-state index contributed by atoms with van der Waals surface area (Å²) in [6, 6.07) is 8.40. The van der Waals surface area contributed by atoms with E-state index in [-0.39, 0.29) is 12.6 Å². The molecule has 1 amide bonds. The van der Waals surface area contributed by atoms with Crippen LogP contribution < -0.4 is 14.8 Å². The fraction of sp³-hybridized carbons (Fsp3) is 0.263. The smallest absolute Gasteiger partial charge is 0.331 e. The van der Waals surface area contributed by atoms with Gasteiger partial charge in [0.1, 0.15) is 5.76 Å². The van der Waals surface area contributed by atoms with Gasteiger partial charge in [-0.15, -0.1) is 0 Å². The molecular weight excluding hydrogens is 338 g/mol. The van der Waals surface area contributed by atoms with Crippen molar-refractivity contribution < 1.29 is 28.2 Å². The molecular formula is C19H21NO6. The van der Waals surface area contributed by atoms with Gasteiger partial charge >= 0.3 is 5.97 Å². The predicted molar refractivity (Wildman–Crippen MR) is 94.8 cm³/mol. The lowest BCUT2D eigenvalue weighted by atomic mass is 10.2. The quantitative estimate of drug-likeness (QED) is 0.576. The largest absolute Gasteiger partial charge is 0.493 e. The number of furan rings is 1. The number of amides is 1. The van der Waals surface area contributed by atoms with Crippen LogP contribution in [0, 0.1) is 0 Å². The predicted octanol–water partition coefficient (Wildman–Crippen LogP) is 2.73. The topological polar surface area (TPSA) is 87.0 Å². The number of benzene rings is 1. The summed E-state index contributed by atoms with van der Waals surface area (Å²) in [6.45, 7) is 1.40. The van der Waals surface area contributed by atoms with Crippen molar-refractivity contribution in [1.82, 2.24) is 5.32 Å². The number of hydrogen-bond acceptors (Lipinski definition) is 6. The van der Waals surface area contributed by atoms with E-state index in [0.717, 1.165) is 5.56 Å². The molecule has 0 saturated carbocycles. The van der Waals surface area contributed by atoms with Crippen molar-refractivity contribution in [3.63, 3.8) is 0 Å². The highest BCUT2D eigenvalue weighted by Crippen LogP contribution is 2.27. The molecule has 0 saturated heterocycles. The molecule has 1 heterocycles. The van der Waals surface area contributed by atoms with Crippen LogP contribution in [0.25, 0.3) is 6.08 Å². The standard InChI is InChI=1S/C19H21NO6/c1-13(15-5-4-10-25-15)20-18(21)12-26-19(22)9-7-14-6-8-16(23-2)17(11-14)24-3/h4-11,13H,12H2,1-3H3,(H,20,21)/b9-7+/t13-/m0/s1. The highest BCUT2D eigenvalue weighted by atomic mass is 16.5. The van der Waals surface area contributed by atoms with Gasteiger partial charge in [0.25, 0.3) is 5.91 Å². The van der Waals surface area contributed by atoms with Crippen molar-refractivity contribution in [3.05, 3.63) is 54.0 Å². The SMILES string of the molecule is COc1ccc(/C=C/C(=O)OCC(=O)N[C@@H](C)c2ccco2)cc1OC. The van der Waals surface area contributed by atoms with Crippen molar-refractivity contribution in [2.75, 3.05) is 20.8 Å². The molecule has 26 heavy (non-hydrogen) atoms. The van der Waals surface area contributed by atoms with Crippen LogP contribution in [0.15, 0.2) is 47.1 Å². The Bertz CT molecular complexity index is 766. The number of esters is 1. The molecule has 0 aliphatic heterocycles. The van der Waals surface area contributed by atoms with Gasteiger partial charge in [0.2, 0.25) is 0 Å². The van der Waals surface area contributed by atoms with Gasteiger partial charge in [-0.05, 0) is 42.8 Å². The van der Waals surface area contributed by atoms with Gasteiger partial charge in [0.05, 0.1) is 26.5 Å². The fourth-order valence-electron chi connectivity index (χ4n) is 2.20. The molecule has 0 aliphatic rings. The van der Waals surface area contributed by atoms with E-state index >= 15 is 0 Å². The third-order valence-electron chi connectivity index (χ3n) is 3.51. The van der Waals surface area contributed by atoms with Crippen LogP contribution in [0.5, 0.6) is 11.5 Å². The Hall–Kier alpha value is -3.22. The second-order valence-electron chi connectivity index (χ2n) is 5.36. The first kappa shape index (κ1) is 19.1. The van der Waals surface area contributed by atoms with Crippen LogP contribution >= 0.6 is 0 Å². The minimum absolute atomic E-state index is 0.307. The monoisotopic (exact) mass is 359 g/mol. The molecule has 0 fully saturated rings. The third kappa shape index (κ3) is 5.41. The zero-order chi connectivity index (χ0) is 18.9. The van der Waals surface area contributed by atoms with E-state index < -0.39 is 11.9 Å². The molecule has 7 heteroatoms. The van der Waals surface area contributed by atoms with Gasteiger partial charge in [0, 0.05) is 6.08 Å². The molecule has 0 unspecified atom stereocenters. The minimum atomic E-state index is -0.624. The Morgan fingerprint density at radius 1 is 1.19 bits per heavy atom. The van der Waals surface area contributed by atoms with Crippen LogP contribution in [0.3, 0.4) is 0 Å². The molecule has 1 aromatic heterocycles. The van der Waals surface area contributed by atoms with Crippen molar-refractivity contribution in [3.8, 4) is 11.5 Å². The first-order valence-corrected chi connectivity index (χ1v) is 7.93. The Labute approximate surface area is 151 Å². The summed E-state index contributed by atoms with van der Waals surface area (Å²) in [5.74, 6) is 0.726. The summed E-state index contributed by atoms with van der Waals surface area (Å²) in [7, 11) is 3.07. The van der Waals surface area contributed by atoms with E-state index in [1.807, 2.05) is 0 Å².